The average Bonchev–Trinajstić information content (AvgIpc) is 2.53. The zero-order valence-electron chi connectivity index (χ0n) is 12.7. The molecule has 2 aromatic rings. The number of nitrogens with zero attached hydrogens (tertiary/aromatic N) is 1. The Balaban J connectivity index is 2.30. The van der Waals surface area contributed by atoms with Gasteiger partial charge < -0.3 is 4.74 Å². The minimum atomic E-state index is -4.68. The van der Waals surface area contributed by atoms with E-state index in [1.807, 2.05) is 4.72 Å². The molecule has 2 rings (SSSR count). The topological polar surface area (TPSA) is 98.5 Å². The van der Waals surface area contributed by atoms with Crippen molar-refractivity contribution in [1.82, 2.24) is 0 Å². The monoisotopic (exact) mass is 394 g/mol. The van der Waals surface area contributed by atoms with E-state index in [0.29, 0.717) is 6.07 Å². The van der Waals surface area contributed by atoms with E-state index < -0.39 is 49.9 Å². The molecule has 0 aliphatic heterocycles. The Bertz CT molecular complexity index is 914. The van der Waals surface area contributed by atoms with Crippen LogP contribution in [0.1, 0.15) is 0 Å². The summed E-state index contributed by atoms with van der Waals surface area (Å²) in [6.45, 7) is -1.70. The lowest BCUT2D eigenvalue weighted by Gasteiger charge is -2.15. The summed E-state index contributed by atoms with van der Waals surface area (Å²) in [4.78, 5) is 9.43. The summed E-state index contributed by atoms with van der Waals surface area (Å²) in [7, 11) is -4.35. The second-order valence-corrected chi connectivity index (χ2v) is 6.58. The number of nitro benzene ring substituents is 1. The van der Waals surface area contributed by atoms with Crippen molar-refractivity contribution in [2.45, 2.75) is 11.1 Å². The Morgan fingerprint density at radius 1 is 1.12 bits per heavy atom. The fourth-order valence-corrected chi connectivity index (χ4v) is 2.88. The average molecular weight is 394 g/mol. The number of sulfonamides is 1. The minimum absolute atomic E-state index is 0.357. The molecule has 0 fully saturated rings. The van der Waals surface area contributed by atoms with Crippen molar-refractivity contribution >= 4 is 21.4 Å². The third-order valence-electron chi connectivity index (χ3n) is 2.94. The molecule has 26 heavy (non-hydrogen) atoms. The summed E-state index contributed by atoms with van der Waals surface area (Å²) in [6, 6.07) is 6.01. The van der Waals surface area contributed by atoms with Crippen molar-refractivity contribution in [2.75, 3.05) is 11.3 Å². The molecule has 0 aliphatic rings. The van der Waals surface area contributed by atoms with E-state index in [4.69, 9.17) is 0 Å². The lowest BCUT2D eigenvalue weighted by molar-refractivity contribution is -0.384. The van der Waals surface area contributed by atoms with Crippen molar-refractivity contribution < 1.29 is 35.6 Å². The summed E-state index contributed by atoms with van der Waals surface area (Å²) in [5.74, 6) is -1.44. The largest absolute Gasteiger partial charge is 0.482 e. The maximum Gasteiger partial charge on any atom is 0.422 e. The predicted octanol–water partition coefficient (Wildman–Crippen LogP) is 3.48. The first-order valence-electron chi connectivity index (χ1n) is 6.74. The van der Waals surface area contributed by atoms with Gasteiger partial charge in [-0.1, -0.05) is 0 Å². The number of nitro groups is 1. The third-order valence-corrected chi connectivity index (χ3v) is 4.32. The quantitative estimate of drug-likeness (QED) is 0.460. The van der Waals surface area contributed by atoms with Gasteiger partial charge in [-0.05, 0) is 24.3 Å². The summed E-state index contributed by atoms with van der Waals surface area (Å²) in [6.07, 6.45) is -4.68. The Labute approximate surface area is 144 Å². The third kappa shape index (κ3) is 5.05. The van der Waals surface area contributed by atoms with Crippen LogP contribution in [0.2, 0.25) is 0 Å². The second kappa shape index (κ2) is 7.15. The van der Waals surface area contributed by atoms with Crippen molar-refractivity contribution in [2.24, 2.45) is 0 Å². The smallest absolute Gasteiger partial charge is 0.422 e. The minimum Gasteiger partial charge on any atom is -0.482 e. The Morgan fingerprint density at radius 2 is 1.73 bits per heavy atom. The predicted molar refractivity (Wildman–Crippen MR) is 81.9 cm³/mol. The van der Waals surface area contributed by atoms with E-state index in [1.165, 1.54) is 0 Å². The van der Waals surface area contributed by atoms with Gasteiger partial charge >= 0.3 is 6.18 Å². The Morgan fingerprint density at radius 3 is 2.27 bits per heavy atom. The highest BCUT2D eigenvalue weighted by molar-refractivity contribution is 7.92. The summed E-state index contributed by atoms with van der Waals surface area (Å²) < 4.78 is 81.1. The van der Waals surface area contributed by atoms with Crippen LogP contribution < -0.4 is 9.46 Å². The maximum absolute atomic E-state index is 13.4. The first-order chi connectivity index (χ1) is 12.0. The van der Waals surface area contributed by atoms with Crippen LogP contribution in [0.25, 0.3) is 0 Å². The van der Waals surface area contributed by atoms with Crippen LogP contribution >= 0.6 is 0 Å². The van der Waals surface area contributed by atoms with Crippen LogP contribution in [0, 0.1) is 15.9 Å². The molecule has 0 amide bonds. The fourth-order valence-electron chi connectivity index (χ4n) is 1.82. The van der Waals surface area contributed by atoms with Crippen molar-refractivity contribution in [1.29, 1.82) is 0 Å². The van der Waals surface area contributed by atoms with Crippen LogP contribution in [0.5, 0.6) is 5.75 Å². The van der Waals surface area contributed by atoms with E-state index >= 15 is 0 Å². The molecule has 0 bridgehead atoms. The fraction of sp³-hybridized carbons (Fsp3) is 0.143. The van der Waals surface area contributed by atoms with E-state index in [-0.39, 0.29) is 5.69 Å². The SMILES string of the molecule is O=[N+]([O-])c1ccc(S(=O)(=O)Nc2cc(F)ccc2OCC(F)(F)F)cc1. The van der Waals surface area contributed by atoms with Gasteiger partial charge in [0.25, 0.3) is 15.7 Å². The van der Waals surface area contributed by atoms with Gasteiger partial charge in [-0.2, -0.15) is 13.2 Å². The number of rotatable bonds is 6. The Hall–Kier alpha value is -2.89. The highest BCUT2D eigenvalue weighted by Gasteiger charge is 2.29. The number of benzene rings is 2. The van der Waals surface area contributed by atoms with Gasteiger partial charge in [0, 0.05) is 18.2 Å². The zero-order chi connectivity index (χ0) is 19.5. The molecule has 0 aromatic heterocycles. The van der Waals surface area contributed by atoms with Crippen molar-refractivity contribution in [3.8, 4) is 5.75 Å². The van der Waals surface area contributed by atoms with Crippen LogP contribution in [0.15, 0.2) is 47.4 Å². The molecule has 0 aliphatic carbocycles. The number of hydrogen-bond donors (Lipinski definition) is 1. The van der Waals surface area contributed by atoms with Crippen LogP contribution in [0.4, 0.5) is 28.9 Å². The van der Waals surface area contributed by atoms with E-state index in [2.05, 4.69) is 4.74 Å². The molecule has 2 aromatic carbocycles. The van der Waals surface area contributed by atoms with Crippen LogP contribution in [0.3, 0.4) is 0 Å². The zero-order valence-corrected chi connectivity index (χ0v) is 13.5. The molecule has 1 N–H and O–H groups in total. The van der Waals surface area contributed by atoms with Gasteiger partial charge in [-0.25, -0.2) is 12.8 Å². The van der Waals surface area contributed by atoms with Gasteiger partial charge in [0.05, 0.1) is 15.5 Å². The van der Waals surface area contributed by atoms with Gasteiger partial charge in [0.2, 0.25) is 0 Å². The van der Waals surface area contributed by atoms with E-state index in [0.717, 1.165) is 36.4 Å². The van der Waals surface area contributed by atoms with Gasteiger partial charge in [-0.3, -0.25) is 14.8 Å². The van der Waals surface area contributed by atoms with Gasteiger partial charge in [0.1, 0.15) is 11.6 Å². The number of anilines is 1. The van der Waals surface area contributed by atoms with Crippen molar-refractivity contribution in [3.63, 3.8) is 0 Å². The number of non-ortho nitro benzene ring substituents is 1. The molecule has 0 heterocycles. The van der Waals surface area contributed by atoms with E-state index in [9.17, 15) is 36.1 Å². The number of hydrogen-bond acceptors (Lipinski definition) is 5. The Kier molecular flexibility index (Phi) is 5.35. The van der Waals surface area contributed by atoms with Gasteiger partial charge in [0.15, 0.2) is 6.61 Å². The second-order valence-electron chi connectivity index (χ2n) is 4.90. The molecule has 140 valence electrons. The normalized spacial score (nSPS) is 11.8. The number of ether oxygens (including phenoxy) is 1. The molecule has 12 heteroatoms. The van der Waals surface area contributed by atoms with E-state index in [1.54, 1.807) is 0 Å². The lowest BCUT2D eigenvalue weighted by Crippen LogP contribution is -2.20. The molecule has 0 unspecified atom stereocenters. The summed E-state index contributed by atoms with van der Waals surface area (Å²) >= 11 is 0. The van der Waals surface area contributed by atoms with Crippen LogP contribution in [-0.2, 0) is 10.0 Å². The number of nitrogens with one attached hydrogen (secondary N) is 1. The van der Waals surface area contributed by atoms with Crippen molar-refractivity contribution in [3.05, 3.63) is 58.4 Å². The van der Waals surface area contributed by atoms with Crippen LogP contribution in [-0.4, -0.2) is 26.1 Å². The highest BCUT2D eigenvalue weighted by atomic mass is 32.2. The molecule has 0 saturated carbocycles. The highest BCUT2D eigenvalue weighted by Crippen LogP contribution is 2.30. The molecular weight excluding hydrogens is 384 g/mol. The lowest BCUT2D eigenvalue weighted by atomic mass is 10.3. The number of halogens is 4. The first-order valence-corrected chi connectivity index (χ1v) is 8.23. The molecule has 7 nitrogen and oxygen atoms in total. The molecular formula is C14H10F4N2O5S. The maximum atomic E-state index is 13.4. The molecule has 0 saturated heterocycles. The molecule has 0 atom stereocenters. The first kappa shape index (κ1) is 19.4. The summed E-state index contributed by atoms with van der Waals surface area (Å²) in [5, 5.41) is 10.6. The summed E-state index contributed by atoms with van der Waals surface area (Å²) in [5.41, 5.74) is -0.906. The number of alkyl halides is 3. The molecule has 0 radical (unpaired) electrons. The molecule has 0 spiro atoms. The standard InChI is InChI=1S/C14H10F4N2O5S/c15-9-1-6-13(25-8-14(16,17)18)12(7-9)19-26(23,24)11-4-2-10(3-5-11)20(21)22/h1-7,19H,8H2. The van der Waals surface area contributed by atoms with Gasteiger partial charge in [-0.15, -0.1) is 0 Å².